The second-order valence-corrected chi connectivity index (χ2v) is 7.25. The first kappa shape index (κ1) is 12.8. The predicted octanol–water partition coefficient (Wildman–Crippen LogP) is 1.73. The van der Waals surface area contributed by atoms with Crippen molar-refractivity contribution >= 4 is 17.7 Å². The van der Waals surface area contributed by atoms with Crippen LogP contribution in [0.2, 0.25) is 0 Å². The summed E-state index contributed by atoms with van der Waals surface area (Å²) in [5, 5.41) is 3.57. The third-order valence-corrected chi connectivity index (χ3v) is 5.80. The Hall–Kier alpha value is -0.220. The first-order valence-corrected chi connectivity index (χ1v) is 8.57. The lowest BCUT2D eigenvalue weighted by molar-refractivity contribution is -0.131. The maximum atomic E-state index is 12.3. The molecule has 0 aromatic carbocycles. The van der Waals surface area contributed by atoms with Gasteiger partial charge >= 0.3 is 0 Å². The first-order valence-electron chi connectivity index (χ1n) is 7.42. The smallest absolute Gasteiger partial charge is 0.222 e. The number of nitrogens with zero attached hydrogens (tertiary/aromatic N) is 1. The summed E-state index contributed by atoms with van der Waals surface area (Å²) in [4.78, 5) is 14.5. The van der Waals surface area contributed by atoms with Crippen molar-refractivity contribution in [2.24, 2.45) is 11.8 Å². The first-order chi connectivity index (χ1) is 8.83. The Morgan fingerprint density at radius 2 is 2.06 bits per heavy atom. The number of fused-ring (bicyclic) bond motifs is 1. The van der Waals surface area contributed by atoms with Crippen LogP contribution in [0.3, 0.4) is 0 Å². The molecule has 1 amide bonds. The number of hydrogen-bond acceptors (Lipinski definition) is 3. The Morgan fingerprint density at radius 3 is 2.83 bits per heavy atom. The topological polar surface area (TPSA) is 32.3 Å². The number of carbonyl (C=O) groups excluding carboxylic acids is 1. The zero-order valence-electron chi connectivity index (χ0n) is 11.1. The van der Waals surface area contributed by atoms with Gasteiger partial charge in [0.2, 0.25) is 5.91 Å². The molecule has 0 aromatic rings. The Balaban J connectivity index is 1.50. The van der Waals surface area contributed by atoms with Crippen molar-refractivity contribution in [1.82, 2.24) is 10.2 Å². The monoisotopic (exact) mass is 268 g/mol. The standard InChI is InChI=1S/C14H24N2OS/c17-14(8-11-3-6-18-7-4-11)16-9-12-2-1-5-15-13(12)10-16/h11-13,15H,1-10H2/t12-,13+/m0/s1. The fraction of sp³-hybridized carbons (Fsp3) is 0.929. The van der Waals surface area contributed by atoms with Crippen LogP contribution in [0.5, 0.6) is 0 Å². The van der Waals surface area contributed by atoms with E-state index >= 15 is 0 Å². The molecule has 0 bridgehead atoms. The van der Waals surface area contributed by atoms with Gasteiger partial charge in [-0.05, 0) is 55.6 Å². The lowest BCUT2D eigenvalue weighted by Gasteiger charge is -2.24. The number of thioether (sulfide) groups is 1. The second kappa shape index (κ2) is 5.83. The van der Waals surface area contributed by atoms with Crippen molar-refractivity contribution in [1.29, 1.82) is 0 Å². The summed E-state index contributed by atoms with van der Waals surface area (Å²) in [7, 11) is 0. The van der Waals surface area contributed by atoms with Gasteiger partial charge in [0, 0.05) is 25.6 Å². The van der Waals surface area contributed by atoms with E-state index in [1.165, 1.54) is 37.2 Å². The van der Waals surface area contributed by atoms with Gasteiger partial charge in [-0.3, -0.25) is 4.79 Å². The van der Waals surface area contributed by atoms with E-state index in [1.807, 2.05) is 11.8 Å². The number of piperidine rings is 1. The lowest BCUT2D eigenvalue weighted by atomic mass is 9.94. The molecule has 18 heavy (non-hydrogen) atoms. The third kappa shape index (κ3) is 2.85. The molecule has 0 aliphatic carbocycles. The molecule has 0 spiro atoms. The summed E-state index contributed by atoms with van der Waals surface area (Å²) in [6.07, 6.45) is 5.88. The number of hydrogen-bond donors (Lipinski definition) is 1. The molecule has 0 aromatic heterocycles. The zero-order chi connectivity index (χ0) is 12.4. The minimum Gasteiger partial charge on any atom is -0.341 e. The molecule has 2 atom stereocenters. The number of amides is 1. The molecule has 3 aliphatic heterocycles. The van der Waals surface area contributed by atoms with Crippen molar-refractivity contribution in [2.75, 3.05) is 31.1 Å². The van der Waals surface area contributed by atoms with Gasteiger partial charge in [-0.25, -0.2) is 0 Å². The van der Waals surface area contributed by atoms with Crippen molar-refractivity contribution in [2.45, 2.75) is 38.1 Å². The summed E-state index contributed by atoms with van der Waals surface area (Å²) in [5.74, 6) is 4.32. The molecule has 3 saturated heterocycles. The van der Waals surface area contributed by atoms with E-state index in [2.05, 4.69) is 10.2 Å². The highest BCUT2D eigenvalue weighted by Crippen LogP contribution is 2.29. The van der Waals surface area contributed by atoms with Gasteiger partial charge in [0.1, 0.15) is 0 Å². The van der Waals surface area contributed by atoms with Gasteiger partial charge in [-0.15, -0.1) is 0 Å². The normalized spacial score (nSPS) is 33.4. The van der Waals surface area contributed by atoms with E-state index in [0.29, 0.717) is 17.9 Å². The fourth-order valence-corrected chi connectivity index (χ4v) is 4.78. The maximum Gasteiger partial charge on any atom is 0.222 e. The molecule has 3 heterocycles. The van der Waals surface area contributed by atoms with Crippen LogP contribution in [-0.4, -0.2) is 48.0 Å². The minimum absolute atomic E-state index is 0.420. The SMILES string of the molecule is O=C(CC1CCSCC1)N1C[C@@H]2CCCN[C@@H]2C1. The van der Waals surface area contributed by atoms with Crippen molar-refractivity contribution < 1.29 is 4.79 Å². The van der Waals surface area contributed by atoms with Crippen LogP contribution in [0.25, 0.3) is 0 Å². The highest BCUT2D eigenvalue weighted by molar-refractivity contribution is 7.99. The van der Waals surface area contributed by atoms with Gasteiger partial charge in [0.05, 0.1) is 0 Å². The van der Waals surface area contributed by atoms with Crippen molar-refractivity contribution in [3.05, 3.63) is 0 Å². The molecular weight excluding hydrogens is 244 g/mol. The van der Waals surface area contributed by atoms with Gasteiger partial charge in [0.25, 0.3) is 0 Å². The molecule has 0 saturated carbocycles. The maximum absolute atomic E-state index is 12.3. The van der Waals surface area contributed by atoms with Crippen LogP contribution in [0, 0.1) is 11.8 Å². The molecule has 4 heteroatoms. The average molecular weight is 268 g/mol. The summed E-state index contributed by atoms with van der Waals surface area (Å²) >= 11 is 2.04. The minimum atomic E-state index is 0.420. The molecule has 1 N–H and O–H groups in total. The van der Waals surface area contributed by atoms with Gasteiger partial charge in [-0.2, -0.15) is 11.8 Å². The van der Waals surface area contributed by atoms with E-state index in [0.717, 1.165) is 32.0 Å². The number of rotatable bonds is 2. The number of likely N-dealkylation sites (tertiary alicyclic amines) is 1. The summed E-state index contributed by atoms with van der Waals surface area (Å²) in [6.45, 7) is 3.12. The Kier molecular flexibility index (Phi) is 4.14. The largest absolute Gasteiger partial charge is 0.341 e. The molecule has 3 aliphatic rings. The van der Waals surface area contributed by atoms with Crippen LogP contribution in [0.4, 0.5) is 0 Å². The van der Waals surface area contributed by atoms with Crippen LogP contribution < -0.4 is 5.32 Å². The Labute approximate surface area is 114 Å². The quantitative estimate of drug-likeness (QED) is 0.828. The highest BCUT2D eigenvalue weighted by atomic mass is 32.2. The highest BCUT2D eigenvalue weighted by Gasteiger charge is 2.36. The van der Waals surface area contributed by atoms with Crippen LogP contribution in [-0.2, 0) is 4.79 Å². The van der Waals surface area contributed by atoms with Crippen molar-refractivity contribution in [3.8, 4) is 0 Å². The molecular formula is C14H24N2OS. The summed E-state index contributed by atoms with van der Waals surface area (Å²) in [5.41, 5.74) is 0. The zero-order valence-corrected chi connectivity index (χ0v) is 11.9. The van der Waals surface area contributed by atoms with Crippen molar-refractivity contribution in [3.63, 3.8) is 0 Å². The molecule has 3 nitrogen and oxygen atoms in total. The molecule has 0 radical (unpaired) electrons. The fourth-order valence-electron chi connectivity index (χ4n) is 3.58. The molecule has 102 valence electrons. The van der Waals surface area contributed by atoms with E-state index in [4.69, 9.17) is 0 Å². The Bertz CT molecular complexity index is 290. The average Bonchev–Trinajstić information content (AvgIpc) is 2.84. The van der Waals surface area contributed by atoms with Crippen LogP contribution in [0.15, 0.2) is 0 Å². The van der Waals surface area contributed by atoms with E-state index < -0.39 is 0 Å². The number of nitrogens with one attached hydrogen (secondary N) is 1. The van der Waals surface area contributed by atoms with Crippen LogP contribution >= 0.6 is 11.8 Å². The van der Waals surface area contributed by atoms with E-state index in [9.17, 15) is 4.79 Å². The molecule has 3 fully saturated rings. The van der Waals surface area contributed by atoms with E-state index in [1.54, 1.807) is 0 Å². The molecule has 3 rings (SSSR count). The van der Waals surface area contributed by atoms with Gasteiger partial charge in [-0.1, -0.05) is 0 Å². The second-order valence-electron chi connectivity index (χ2n) is 6.02. The Morgan fingerprint density at radius 1 is 1.22 bits per heavy atom. The summed E-state index contributed by atoms with van der Waals surface area (Å²) in [6, 6.07) is 0.588. The van der Waals surface area contributed by atoms with Gasteiger partial charge in [0.15, 0.2) is 0 Å². The third-order valence-electron chi connectivity index (χ3n) is 4.76. The van der Waals surface area contributed by atoms with E-state index in [-0.39, 0.29) is 0 Å². The lowest BCUT2D eigenvalue weighted by Crippen LogP contribution is -2.41. The predicted molar refractivity (Wildman–Crippen MR) is 75.8 cm³/mol. The molecule has 0 unspecified atom stereocenters. The van der Waals surface area contributed by atoms with Crippen LogP contribution in [0.1, 0.15) is 32.1 Å². The number of carbonyl (C=O) groups is 1. The summed E-state index contributed by atoms with van der Waals surface area (Å²) < 4.78 is 0. The van der Waals surface area contributed by atoms with Gasteiger partial charge < -0.3 is 10.2 Å².